The summed E-state index contributed by atoms with van der Waals surface area (Å²) in [5.41, 5.74) is 0. The summed E-state index contributed by atoms with van der Waals surface area (Å²) in [7, 11) is -3.35. The van der Waals surface area contributed by atoms with Crippen LogP contribution in [0.25, 0.3) is 0 Å². The van der Waals surface area contributed by atoms with Gasteiger partial charge in [-0.15, -0.1) is 0 Å². The van der Waals surface area contributed by atoms with E-state index in [1.165, 1.54) is 0 Å². The van der Waals surface area contributed by atoms with Crippen LogP contribution in [0.1, 0.15) is 19.8 Å². The second-order valence-corrected chi connectivity index (χ2v) is 7.83. The molecule has 9 nitrogen and oxygen atoms in total. The molecular formula is C13H22N4O5S. The minimum Gasteiger partial charge on any atom is -0.339 e. The van der Waals surface area contributed by atoms with Gasteiger partial charge in [-0.3, -0.25) is 14.9 Å². The molecule has 2 aliphatic rings. The van der Waals surface area contributed by atoms with E-state index >= 15 is 0 Å². The van der Waals surface area contributed by atoms with Gasteiger partial charge in [-0.2, -0.15) is 0 Å². The topological polar surface area (TPSA) is 116 Å². The molecule has 23 heavy (non-hydrogen) atoms. The Bertz CT molecular complexity index is 605. The second kappa shape index (κ2) is 6.83. The number of urea groups is 1. The monoisotopic (exact) mass is 346 g/mol. The van der Waals surface area contributed by atoms with Crippen molar-refractivity contribution in [3.8, 4) is 0 Å². The number of amides is 4. The maximum absolute atomic E-state index is 12.3. The van der Waals surface area contributed by atoms with Crippen molar-refractivity contribution in [3.63, 3.8) is 0 Å². The standard InChI is InChI=1S/C13H22N4O5S/c1-3-4-9-5-16(6-10(9)15-23(2,21)22)12(19)8-17-7-11(18)14-13(17)20/h9-10,15H,3-8H2,1-2H3,(H,14,18,20)/t9-,10-/m1/s1. The fourth-order valence-electron chi connectivity index (χ4n) is 3.02. The Balaban J connectivity index is 1.98. The van der Waals surface area contributed by atoms with E-state index < -0.39 is 22.0 Å². The van der Waals surface area contributed by atoms with E-state index in [0.29, 0.717) is 6.54 Å². The molecule has 130 valence electrons. The summed E-state index contributed by atoms with van der Waals surface area (Å²) in [6.45, 7) is 2.43. The number of rotatable bonds is 6. The number of carbonyl (C=O) groups is 3. The molecule has 0 unspecified atom stereocenters. The van der Waals surface area contributed by atoms with Crippen LogP contribution in [0.4, 0.5) is 4.79 Å². The van der Waals surface area contributed by atoms with Gasteiger partial charge in [-0.25, -0.2) is 17.9 Å². The Labute approximate surface area is 135 Å². The van der Waals surface area contributed by atoms with Gasteiger partial charge < -0.3 is 9.80 Å². The number of sulfonamides is 1. The first kappa shape index (κ1) is 17.7. The fourth-order valence-corrected chi connectivity index (χ4v) is 3.84. The van der Waals surface area contributed by atoms with Gasteiger partial charge in [0.05, 0.1) is 6.26 Å². The minimum atomic E-state index is -3.35. The van der Waals surface area contributed by atoms with E-state index in [1.807, 2.05) is 6.92 Å². The molecule has 0 aromatic carbocycles. The third-order valence-corrected chi connectivity index (χ3v) is 4.74. The molecule has 2 aliphatic heterocycles. The molecule has 2 N–H and O–H groups in total. The molecule has 0 saturated carbocycles. The molecule has 0 aromatic rings. The Morgan fingerprint density at radius 3 is 2.57 bits per heavy atom. The summed E-state index contributed by atoms with van der Waals surface area (Å²) in [6, 6.07) is -0.888. The van der Waals surface area contributed by atoms with E-state index in [9.17, 15) is 22.8 Å². The van der Waals surface area contributed by atoms with Crippen LogP contribution < -0.4 is 10.0 Å². The summed E-state index contributed by atoms with van der Waals surface area (Å²) in [4.78, 5) is 37.7. The highest BCUT2D eigenvalue weighted by molar-refractivity contribution is 7.88. The largest absolute Gasteiger partial charge is 0.339 e. The highest BCUT2D eigenvalue weighted by Crippen LogP contribution is 2.22. The van der Waals surface area contributed by atoms with Crippen LogP contribution in [0.2, 0.25) is 0 Å². The third-order valence-electron chi connectivity index (χ3n) is 4.01. The molecule has 2 fully saturated rings. The number of carbonyl (C=O) groups excluding carboxylic acids is 3. The Kier molecular flexibility index (Phi) is 5.25. The molecule has 2 rings (SSSR count). The van der Waals surface area contributed by atoms with Crippen LogP contribution >= 0.6 is 0 Å². The lowest BCUT2D eigenvalue weighted by Crippen LogP contribution is -2.43. The van der Waals surface area contributed by atoms with Crippen molar-refractivity contribution in [3.05, 3.63) is 0 Å². The number of likely N-dealkylation sites (tertiary alicyclic amines) is 1. The predicted molar refractivity (Wildman–Crippen MR) is 81.9 cm³/mol. The van der Waals surface area contributed by atoms with Crippen LogP contribution in [0.3, 0.4) is 0 Å². The zero-order valence-electron chi connectivity index (χ0n) is 13.2. The Hall–Kier alpha value is -1.68. The quantitative estimate of drug-likeness (QED) is 0.581. The molecule has 2 atom stereocenters. The molecule has 2 saturated heterocycles. The van der Waals surface area contributed by atoms with Crippen molar-refractivity contribution in [2.24, 2.45) is 5.92 Å². The molecule has 0 bridgehead atoms. The molecule has 0 spiro atoms. The highest BCUT2D eigenvalue weighted by Gasteiger charge is 2.37. The van der Waals surface area contributed by atoms with E-state index in [0.717, 1.165) is 24.0 Å². The third kappa shape index (κ3) is 4.64. The predicted octanol–water partition coefficient (Wildman–Crippen LogP) is -1.29. The fraction of sp³-hybridized carbons (Fsp3) is 0.769. The maximum atomic E-state index is 12.3. The normalized spacial score (nSPS) is 25.1. The van der Waals surface area contributed by atoms with Crippen molar-refractivity contribution < 1.29 is 22.8 Å². The van der Waals surface area contributed by atoms with Gasteiger partial charge in [0.1, 0.15) is 13.1 Å². The van der Waals surface area contributed by atoms with Crippen LogP contribution in [-0.2, 0) is 19.6 Å². The van der Waals surface area contributed by atoms with Crippen molar-refractivity contribution in [1.29, 1.82) is 0 Å². The smallest absolute Gasteiger partial charge is 0.325 e. The lowest BCUT2D eigenvalue weighted by molar-refractivity contribution is -0.130. The lowest BCUT2D eigenvalue weighted by atomic mass is 9.99. The van der Waals surface area contributed by atoms with Crippen molar-refractivity contribution in [1.82, 2.24) is 19.8 Å². The van der Waals surface area contributed by atoms with Crippen LogP contribution in [0.15, 0.2) is 0 Å². The zero-order chi connectivity index (χ0) is 17.2. The molecule has 0 aliphatic carbocycles. The first-order valence-corrected chi connectivity index (χ1v) is 9.42. The van der Waals surface area contributed by atoms with Gasteiger partial charge in [-0.1, -0.05) is 13.3 Å². The van der Waals surface area contributed by atoms with E-state index in [1.54, 1.807) is 4.90 Å². The van der Waals surface area contributed by atoms with Crippen molar-refractivity contribution in [2.45, 2.75) is 25.8 Å². The number of nitrogens with zero attached hydrogens (tertiary/aromatic N) is 2. The van der Waals surface area contributed by atoms with Gasteiger partial charge in [0.25, 0.3) is 0 Å². The summed E-state index contributed by atoms with van der Waals surface area (Å²) in [5.74, 6) is -0.661. The van der Waals surface area contributed by atoms with E-state index in [4.69, 9.17) is 0 Å². The minimum absolute atomic E-state index is 0.0488. The van der Waals surface area contributed by atoms with Crippen LogP contribution in [-0.4, -0.2) is 74.5 Å². The average Bonchev–Trinajstić information content (AvgIpc) is 2.93. The van der Waals surface area contributed by atoms with Crippen molar-refractivity contribution >= 4 is 27.9 Å². The average molecular weight is 346 g/mol. The summed E-state index contributed by atoms with van der Waals surface area (Å²) < 4.78 is 25.5. The van der Waals surface area contributed by atoms with Crippen LogP contribution in [0.5, 0.6) is 0 Å². The summed E-state index contributed by atoms with van der Waals surface area (Å²) >= 11 is 0. The van der Waals surface area contributed by atoms with Gasteiger partial charge in [0.2, 0.25) is 21.8 Å². The highest BCUT2D eigenvalue weighted by atomic mass is 32.2. The van der Waals surface area contributed by atoms with Gasteiger partial charge >= 0.3 is 6.03 Å². The first-order chi connectivity index (χ1) is 10.7. The van der Waals surface area contributed by atoms with E-state index in [2.05, 4.69) is 10.0 Å². The van der Waals surface area contributed by atoms with Crippen molar-refractivity contribution in [2.75, 3.05) is 32.4 Å². The zero-order valence-corrected chi connectivity index (χ0v) is 14.1. The number of hydrogen-bond acceptors (Lipinski definition) is 5. The molecule has 0 aromatic heterocycles. The number of nitrogens with one attached hydrogen (secondary N) is 2. The maximum Gasteiger partial charge on any atom is 0.325 e. The number of hydrogen-bond donors (Lipinski definition) is 2. The SMILES string of the molecule is CCC[C@@H]1CN(C(=O)CN2CC(=O)NC2=O)C[C@H]1NS(C)(=O)=O. The van der Waals surface area contributed by atoms with Crippen LogP contribution in [0, 0.1) is 5.92 Å². The lowest BCUT2D eigenvalue weighted by Gasteiger charge is -2.20. The van der Waals surface area contributed by atoms with Gasteiger partial charge in [0.15, 0.2) is 0 Å². The van der Waals surface area contributed by atoms with Gasteiger partial charge in [0, 0.05) is 19.1 Å². The second-order valence-electron chi connectivity index (χ2n) is 6.05. The Morgan fingerprint density at radius 1 is 1.35 bits per heavy atom. The molecule has 0 radical (unpaired) electrons. The van der Waals surface area contributed by atoms with E-state index in [-0.39, 0.29) is 37.5 Å². The summed E-state index contributed by atoms with van der Waals surface area (Å²) in [6.07, 6.45) is 2.79. The Morgan fingerprint density at radius 2 is 2.04 bits per heavy atom. The molecular weight excluding hydrogens is 324 g/mol. The molecule has 2 heterocycles. The first-order valence-electron chi connectivity index (χ1n) is 7.53. The number of imide groups is 1. The molecule has 4 amide bonds. The molecule has 10 heteroatoms. The van der Waals surface area contributed by atoms with Gasteiger partial charge in [-0.05, 0) is 12.3 Å². The summed E-state index contributed by atoms with van der Waals surface area (Å²) in [5, 5.41) is 2.12.